The molecule has 0 aliphatic heterocycles. The minimum absolute atomic E-state index is 0.0396. The van der Waals surface area contributed by atoms with Crippen molar-refractivity contribution in [2.24, 2.45) is 5.92 Å². The predicted molar refractivity (Wildman–Crippen MR) is 132 cm³/mol. The fourth-order valence-corrected chi connectivity index (χ4v) is 4.27. The summed E-state index contributed by atoms with van der Waals surface area (Å²) < 4.78 is 30.2. The minimum Gasteiger partial charge on any atom is -0.291 e. The molecule has 0 amide bonds. The highest BCUT2D eigenvalue weighted by atomic mass is 19.3. The smallest absolute Gasteiger partial charge is 0.291 e. The predicted octanol–water partition coefficient (Wildman–Crippen LogP) is 5.12. The molecule has 2 aromatic carbocycles. The van der Waals surface area contributed by atoms with E-state index in [0.717, 1.165) is 22.3 Å². The number of alkyl halides is 2. The van der Waals surface area contributed by atoms with Gasteiger partial charge < -0.3 is 0 Å². The van der Waals surface area contributed by atoms with Crippen LogP contribution in [0, 0.1) is 5.92 Å². The number of nitrogens with one attached hydrogen (secondary N) is 1. The molecule has 8 nitrogen and oxygen atoms in total. The lowest BCUT2D eigenvalue weighted by molar-refractivity contribution is 0.0863. The lowest BCUT2D eigenvalue weighted by atomic mass is 9.98. The van der Waals surface area contributed by atoms with Crippen LogP contribution in [0.1, 0.15) is 61.8 Å². The maximum atomic E-state index is 14.1. The first-order chi connectivity index (χ1) is 17.3. The van der Waals surface area contributed by atoms with Crippen molar-refractivity contribution in [1.29, 1.82) is 0 Å². The van der Waals surface area contributed by atoms with E-state index >= 15 is 0 Å². The van der Waals surface area contributed by atoms with Crippen molar-refractivity contribution in [1.82, 2.24) is 29.8 Å². The van der Waals surface area contributed by atoms with Crippen LogP contribution < -0.4 is 5.69 Å². The molecular weight excluding hydrogens is 466 g/mol. The number of hydrogen-bond donors (Lipinski definition) is 1. The molecule has 188 valence electrons. The van der Waals surface area contributed by atoms with Gasteiger partial charge in [-0.15, -0.1) is 5.10 Å². The number of benzene rings is 2. The first-order valence-electron chi connectivity index (χ1n) is 11.9. The Bertz CT molecular complexity index is 1390. The van der Waals surface area contributed by atoms with E-state index in [1.54, 1.807) is 6.92 Å². The van der Waals surface area contributed by atoms with Crippen LogP contribution in [0.25, 0.3) is 22.5 Å². The highest BCUT2D eigenvalue weighted by Crippen LogP contribution is 2.30. The fourth-order valence-electron chi connectivity index (χ4n) is 4.27. The quantitative estimate of drug-likeness (QED) is 0.348. The molecule has 0 fully saturated rings. The van der Waals surface area contributed by atoms with Gasteiger partial charge in [0.25, 0.3) is 6.43 Å². The normalized spacial score (nSPS) is 11.5. The van der Waals surface area contributed by atoms with Crippen molar-refractivity contribution < 1.29 is 13.6 Å². The SMILES string of the molecule is CCC(=O)n1c(C(F)F)c(CCC(C)C)n(Cc2ccc(-c3ccccc3-c3nnn[nH]3)cc2)c1=O. The molecule has 2 aromatic heterocycles. The van der Waals surface area contributed by atoms with Gasteiger partial charge in [0.15, 0.2) is 5.82 Å². The lowest BCUT2D eigenvalue weighted by Gasteiger charge is -2.12. The van der Waals surface area contributed by atoms with E-state index in [4.69, 9.17) is 0 Å². The summed E-state index contributed by atoms with van der Waals surface area (Å²) in [5, 5.41) is 14.1. The number of aromatic nitrogens is 6. The highest BCUT2D eigenvalue weighted by Gasteiger charge is 2.29. The molecule has 10 heteroatoms. The van der Waals surface area contributed by atoms with Gasteiger partial charge in [-0.2, -0.15) is 0 Å². The molecule has 0 atom stereocenters. The number of imidazole rings is 1. The van der Waals surface area contributed by atoms with E-state index in [1.807, 2.05) is 62.4 Å². The first kappa shape index (κ1) is 25.2. The summed E-state index contributed by atoms with van der Waals surface area (Å²) in [4.78, 5) is 25.6. The zero-order valence-electron chi connectivity index (χ0n) is 20.4. The van der Waals surface area contributed by atoms with Crippen LogP contribution in [0.5, 0.6) is 0 Å². The minimum atomic E-state index is -2.93. The van der Waals surface area contributed by atoms with Crippen LogP contribution in [0.2, 0.25) is 0 Å². The van der Waals surface area contributed by atoms with E-state index < -0.39 is 23.7 Å². The zero-order chi connectivity index (χ0) is 25.8. The van der Waals surface area contributed by atoms with Gasteiger partial charge in [0.05, 0.1) is 6.54 Å². The highest BCUT2D eigenvalue weighted by molar-refractivity contribution is 5.80. The average molecular weight is 495 g/mol. The molecule has 0 unspecified atom stereocenters. The number of halogens is 2. The summed E-state index contributed by atoms with van der Waals surface area (Å²) in [5.74, 6) is 0.161. The van der Waals surface area contributed by atoms with Crippen LogP contribution in [-0.2, 0) is 13.0 Å². The topological polar surface area (TPSA) is 98.5 Å². The summed E-state index contributed by atoms with van der Waals surface area (Å²) in [5.41, 5.74) is 2.42. The van der Waals surface area contributed by atoms with Gasteiger partial charge in [-0.05, 0) is 45.9 Å². The van der Waals surface area contributed by atoms with Crippen LogP contribution in [-0.4, -0.2) is 35.7 Å². The van der Waals surface area contributed by atoms with Crippen LogP contribution in [0.3, 0.4) is 0 Å². The third-order valence-corrected chi connectivity index (χ3v) is 6.13. The fraction of sp³-hybridized carbons (Fsp3) is 0.346. The number of rotatable bonds is 9. The van der Waals surface area contributed by atoms with Crippen LogP contribution >= 0.6 is 0 Å². The average Bonchev–Trinajstić information content (AvgIpc) is 3.50. The Labute approximate surface area is 207 Å². The number of H-pyrrole nitrogens is 1. The molecular formula is C26H28F2N6O2. The van der Waals surface area contributed by atoms with Gasteiger partial charge in [-0.3, -0.25) is 9.36 Å². The number of aromatic amines is 1. The maximum Gasteiger partial charge on any atom is 0.335 e. The van der Waals surface area contributed by atoms with Crippen molar-refractivity contribution >= 4 is 5.91 Å². The van der Waals surface area contributed by atoms with E-state index in [2.05, 4.69) is 20.6 Å². The Hall–Kier alpha value is -3.95. The van der Waals surface area contributed by atoms with Gasteiger partial charge in [0.1, 0.15) is 5.69 Å². The largest absolute Gasteiger partial charge is 0.335 e. The molecule has 0 saturated carbocycles. The molecule has 4 aromatic rings. The molecule has 1 N–H and O–H groups in total. The van der Waals surface area contributed by atoms with E-state index in [9.17, 15) is 18.4 Å². The Balaban J connectivity index is 1.72. The molecule has 2 heterocycles. The molecule has 0 saturated heterocycles. The standard InChI is InChI=1S/C26H28F2N6O2/c1-4-22(35)34-23(24(27)28)21(14-9-16(2)3)33(26(34)36)15-17-10-12-18(13-11-17)19-7-5-6-8-20(19)25-29-31-32-30-25/h5-8,10-13,16,24H,4,9,14-15H2,1-3H3,(H,29,30,31,32). The summed E-state index contributed by atoms with van der Waals surface area (Å²) in [6.45, 7) is 5.62. The van der Waals surface area contributed by atoms with Crippen molar-refractivity contribution in [3.05, 3.63) is 76.0 Å². The molecule has 36 heavy (non-hydrogen) atoms. The van der Waals surface area contributed by atoms with Gasteiger partial charge in [-0.25, -0.2) is 23.2 Å². The second-order valence-corrected chi connectivity index (χ2v) is 9.01. The van der Waals surface area contributed by atoms with Gasteiger partial charge in [0, 0.05) is 17.7 Å². The summed E-state index contributed by atoms with van der Waals surface area (Å²) in [6.07, 6.45) is -2.06. The third kappa shape index (κ3) is 5.02. The number of carbonyl (C=O) groups is 1. The van der Waals surface area contributed by atoms with Crippen LogP contribution in [0.4, 0.5) is 8.78 Å². The monoisotopic (exact) mass is 494 g/mol. The van der Waals surface area contributed by atoms with Crippen molar-refractivity contribution in [2.45, 2.75) is 53.0 Å². The second kappa shape index (κ2) is 10.8. The number of tetrazole rings is 1. The molecule has 0 spiro atoms. The summed E-state index contributed by atoms with van der Waals surface area (Å²) in [6, 6.07) is 15.2. The summed E-state index contributed by atoms with van der Waals surface area (Å²) in [7, 11) is 0. The second-order valence-electron chi connectivity index (χ2n) is 9.01. The van der Waals surface area contributed by atoms with E-state index in [-0.39, 0.29) is 31.0 Å². The zero-order valence-corrected chi connectivity index (χ0v) is 20.4. The van der Waals surface area contributed by atoms with Gasteiger partial charge in [-0.1, -0.05) is 69.3 Å². The van der Waals surface area contributed by atoms with E-state index in [1.165, 1.54) is 4.57 Å². The number of carbonyl (C=O) groups excluding carboxylic acids is 1. The third-order valence-electron chi connectivity index (χ3n) is 6.13. The van der Waals surface area contributed by atoms with Gasteiger partial charge >= 0.3 is 5.69 Å². The van der Waals surface area contributed by atoms with Gasteiger partial charge in [0.2, 0.25) is 5.91 Å². The first-order valence-corrected chi connectivity index (χ1v) is 11.9. The number of hydrogen-bond acceptors (Lipinski definition) is 5. The summed E-state index contributed by atoms with van der Waals surface area (Å²) >= 11 is 0. The molecule has 0 radical (unpaired) electrons. The molecule has 0 aliphatic carbocycles. The Kier molecular flexibility index (Phi) is 7.52. The van der Waals surface area contributed by atoms with Crippen molar-refractivity contribution in [3.8, 4) is 22.5 Å². The lowest BCUT2D eigenvalue weighted by Crippen LogP contribution is -2.30. The maximum absolute atomic E-state index is 14.1. The molecule has 4 rings (SSSR count). The van der Waals surface area contributed by atoms with E-state index in [0.29, 0.717) is 16.8 Å². The number of nitrogens with zero attached hydrogens (tertiary/aromatic N) is 5. The molecule has 0 bridgehead atoms. The van der Waals surface area contributed by atoms with Crippen molar-refractivity contribution in [3.63, 3.8) is 0 Å². The van der Waals surface area contributed by atoms with Crippen LogP contribution in [0.15, 0.2) is 53.3 Å². The Morgan fingerprint density at radius 1 is 1.06 bits per heavy atom. The van der Waals surface area contributed by atoms with Crippen molar-refractivity contribution in [2.75, 3.05) is 0 Å². The molecule has 0 aliphatic rings. The Morgan fingerprint density at radius 2 is 1.75 bits per heavy atom. The Morgan fingerprint density at radius 3 is 2.33 bits per heavy atom.